The Kier molecular flexibility index (Phi) is 9.82. The molecule has 2 rings (SSSR count). The molecule has 0 radical (unpaired) electrons. The van der Waals surface area contributed by atoms with Gasteiger partial charge in [0.25, 0.3) is 0 Å². The second kappa shape index (κ2) is 11.9. The van der Waals surface area contributed by atoms with Gasteiger partial charge in [0.2, 0.25) is 5.91 Å². The zero-order valence-electron chi connectivity index (χ0n) is 20.3. The fourth-order valence-electron chi connectivity index (χ4n) is 4.35. The SMILES string of the molecule is CC1=C(/C=C/C(C)=C\C=C\C(C)=C\C(=O)N[C@@H]2[C@@H](O)[C@H](O)[C@@H](CO)O[C@H]2O)C(C)(C)CCC1. The normalized spacial score (nSPS) is 31.5. The number of amides is 1. The maximum Gasteiger partial charge on any atom is 0.244 e. The maximum atomic E-state index is 12.3. The van der Waals surface area contributed by atoms with E-state index in [0.717, 1.165) is 12.0 Å². The summed E-state index contributed by atoms with van der Waals surface area (Å²) in [7, 11) is 0. The van der Waals surface area contributed by atoms with Crippen LogP contribution in [0.25, 0.3) is 0 Å². The highest BCUT2D eigenvalue weighted by Gasteiger charge is 2.44. The van der Waals surface area contributed by atoms with Crippen LogP contribution in [0.5, 0.6) is 0 Å². The standard InChI is InChI=1S/C26H39NO6/c1-16(11-12-19-18(3)10-7-13-26(19,4)5)8-6-9-17(2)14-21(29)27-22-24(31)23(30)20(15-28)33-25(22)32/h6,8-9,11-12,14,20,22-25,28,30-32H,7,10,13,15H2,1-5H3,(H,27,29)/b9-6+,12-11+,16-8-,17-14+/t20-,22-,23-,24-,25-/m1/s1. The van der Waals surface area contributed by atoms with E-state index in [4.69, 9.17) is 9.84 Å². The van der Waals surface area contributed by atoms with Crippen molar-refractivity contribution in [2.45, 2.75) is 84.5 Å². The van der Waals surface area contributed by atoms with Gasteiger partial charge in [-0.15, -0.1) is 0 Å². The molecule has 5 atom stereocenters. The van der Waals surface area contributed by atoms with Crippen molar-refractivity contribution >= 4 is 5.91 Å². The van der Waals surface area contributed by atoms with E-state index in [1.54, 1.807) is 13.0 Å². The van der Waals surface area contributed by atoms with Crippen LogP contribution in [0.15, 0.2) is 58.7 Å². The Hall–Kier alpha value is -2.03. The molecule has 0 unspecified atom stereocenters. The Labute approximate surface area is 196 Å². The molecule has 0 aromatic heterocycles. The summed E-state index contributed by atoms with van der Waals surface area (Å²) in [5.74, 6) is -0.541. The van der Waals surface area contributed by atoms with Crippen LogP contribution in [0.1, 0.15) is 53.9 Å². The first-order valence-electron chi connectivity index (χ1n) is 11.5. The topological polar surface area (TPSA) is 119 Å². The first-order valence-corrected chi connectivity index (χ1v) is 11.5. The van der Waals surface area contributed by atoms with Crippen molar-refractivity contribution in [1.29, 1.82) is 0 Å². The number of allylic oxidation sites excluding steroid dienone is 9. The minimum Gasteiger partial charge on any atom is -0.394 e. The highest BCUT2D eigenvalue weighted by molar-refractivity contribution is 5.88. The fourth-order valence-corrected chi connectivity index (χ4v) is 4.35. The lowest BCUT2D eigenvalue weighted by atomic mass is 9.72. The Morgan fingerprint density at radius 2 is 1.85 bits per heavy atom. The summed E-state index contributed by atoms with van der Waals surface area (Å²) in [6, 6.07) is -1.21. The van der Waals surface area contributed by atoms with Gasteiger partial charge in [0, 0.05) is 6.08 Å². The number of hydrogen-bond acceptors (Lipinski definition) is 6. The molecule has 0 saturated carbocycles. The van der Waals surface area contributed by atoms with Crippen molar-refractivity contribution < 1.29 is 30.0 Å². The number of nitrogens with one attached hydrogen (secondary N) is 1. The predicted molar refractivity (Wildman–Crippen MR) is 128 cm³/mol. The van der Waals surface area contributed by atoms with Crippen molar-refractivity contribution in [3.8, 4) is 0 Å². The Balaban J connectivity index is 1.96. The first-order chi connectivity index (χ1) is 15.5. The van der Waals surface area contributed by atoms with Gasteiger partial charge in [-0.2, -0.15) is 0 Å². The Morgan fingerprint density at radius 1 is 1.15 bits per heavy atom. The number of ether oxygens (including phenoxy) is 1. The second-order valence-corrected chi connectivity index (χ2v) is 9.69. The molecular weight excluding hydrogens is 422 g/mol. The molecule has 1 saturated heterocycles. The Morgan fingerprint density at radius 3 is 2.48 bits per heavy atom. The van der Waals surface area contributed by atoms with Crippen LogP contribution < -0.4 is 5.32 Å². The molecule has 0 spiro atoms. The molecule has 0 aromatic carbocycles. The van der Waals surface area contributed by atoms with Crippen molar-refractivity contribution in [2.24, 2.45) is 5.41 Å². The molecule has 1 amide bonds. The maximum absolute atomic E-state index is 12.3. The molecule has 33 heavy (non-hydrogen) atoms. The van der Waals surface area contributed by atoms with Crippen LogP contribution >= 0.6 is 0 Å². The molecular formula is C26H39NO6. The summed E-state index contributed by atoms with van der Waals surface area (Å²) in [6.07, 6.45) is 9.30. The highest BCUT2D eigenvalue weighted by Crippen LogP contribution is 2.40. The Bertz CT molecular complexity index is 851. The smallest absolute Gasteiger partial charge is 0.244 e. The summed E-state index contributed by atoms with van der Waals surface area (Å²) in [5.41, 5.74) is 4.81. The predicted octanol–water partition coefficient (Wildman–Crippen LogP) is 2.43. The van der Waals surface area contributed by atoms with E-state index in [1.165, 1.54) is 30.1 Å². The molecule has 2 aliphatic rings. The van der Waals surface area contributed by atoms with E-state index in [-0.39, 0.29) is 5.41 Å². The molecule has 7 nitrogen and oxygen atoms in total. The largest absolute Gasteiger partial charge is 0.394 e. The van der Waals surface area contributed by atoms with Crippen LogP contribution in [-0.2, 0) is 9.53 Å². The molecule has 1 heterocycles. The number of hydrogen-bond donors (Lipinski definition) is 5. The van der Waals surface area contributed by atoms with E-state index in [0.29, 0.717) is 5.57 Å². The molecule has 0 bridgehead atoms. The van der Waals surface area contributed by atoms with Gasteiger partial charge in [-0.3, -0.25) is 4.79 Å². The number of carbonyl (C=O) groups excluding carboxylic acids is 1. The number of carbonyl (C=O) groups is 1. The monoisotopic (exact) mass is 461 g/mol. The van der Waals surface area contributed by atoms with Crippen LogP contribution in [0.2, 0.25) is 0 Å². The van der Waals surface area contributed by atoms with Gasteiger partial charge >= 0.3 is 0 Å². The van der Waals surface area contributed by atoms with Gasteiger partial charge in [0.05, 0.1) is 6.61 Å². The van der Waals surface area contributed by atoms with Gasteiger partial charge in [-0.05, 0) is 56.6 Å². The van der Waals surface area contributed by atoms with Gasteiger partial charge < -0.3 is 30.5 Å². The average Bonchev–Trinajstić information content (AvgIpc) is 2.72. The highest BCUT2D eigenvalue weighted by atomic mass is 16.6. The van der Waals surface area contributed by atoms with Crippen LogP contribution in [0.3, 0.4) is 0 Å². The van der Waals surface area contributed by atoms with E-state index in [1.807, 2.05) is 19.1 Å². The van der Waals surface area contributed by atoms with E-state index < -0.39 is 43.2 Å². The fraction of sp³-hybridized carbons (Fsp3) is 0.577. The zero-order chi connectivity index (χ0) is 24.8. The van der Waals surface area contributed by atoms with Gasteiger partial charge in [-0.1, -0.05) is 55.4 Å². The number of aliphatic hydroxyl groups is 4. The molecule has 1 fully saturated rings. The minimum atomic E-state index is -1.54. The number of aliphatic hydroxyl groups excluding tert-OH is 4. The van der Waals surface area contributed by atoms with E-state index in [9.17, 15) is 20.1 Å². The molecule has 7 heteroatoms. The molecule has 0 aromatic rings. The molecule has 184 valence electrons. The van der Waals surface area contributed by atoms with Crippen molar-refractivity contribution in [3.63, 3.8) is 0 Å². The summed E-state index contributed by atoms with van der Waals surface area (Å²) in [4.78, 5) is 12.3. The lowest BCUT2D eigenvalue weighted by Gasteiger charge is -2.40. The second-order valence-electron chi connectivity index (χ2n) is 9.69. The van der Waals surface area contributed by atoms with Gasteiger partial charge in [0.15, 0.2) is 6.29 Å². The lowest BCUT2D eigenvalue weighted by Crippen LogP contribution is -2.64. The van der Waals surface area contributed by atoms with Gasteiger partial charge in [-0.25, -0.2) is 0 Å². The van der Waals surface area contributed by atoms with E-state index in [2.05, 4.69) is 38.2 Å². The quantitative estimate of drug-likeness (QED) is 0.293. The lowest BCUT2D eigenvalue weighted by molar-refractivity contribution is -0.253. The van der Waals surface area contributed by atoms with Gasteiger partial charge in [0.1, 0.15) is 24.4 Å². The third-order valence-electron chi connectivity index (χ3n) is 6.34. The van der Waals surface area contributed by atoms with Crippen LogP contribution in [0, 0.1) is 5.41 Å². The third-order valence-corrected chi connectivity index (χ3v) is 6.34. The molecule has 1 aliphatic carbocycles. The summed E-state index contributed by atoms with van der Waals surface area (Å²) >= 11 is 0. The summed E-state index contributed by atoms with van der Waals surface area (Å²) in [5, 5.41) is 41.6. The first kappa shape index (κ1) is 27.2. The average molecular weight is 462 g/mol. The van der Waals surface area contributed by atoms with Crippen molar-refractivity contribution in [1.82, 2.24) is 5.32 Å². The third kappa shape index (κ3) is 7.48. The summed E-state index contributed by atoms with van der Waals surface area (Å²) < 4.78 is 5.04. The van der Waals surface area contributed by atoms with Crippen LogP contribution in [0.4, 0.5) is 0 Å². The summed E-state index contributed by atoms with van der Waals surface area (Å²) in [6.45, 7) is 10.0. The zero-order valence-corrected chi connectivity index (χ0v) is 20.3. The molecule has 1 aliphatic heterocycles. The van der Waals surface area contributed by atoms with Crippen molar-refractivity contribution in [3.05, 3.63) is 58.7 Å². The molecule has 5 N–H and O–H groups in total. The van der Waals surface area contributed by atoms with E-state index >= 15 is 0 Å². The van der Waals surface area contributed by atoms with Crippen molar-refractivity contribution in [2.75, 3.05) is 6.61 Å². The van der Waals surface area contributed by atoms with Crippen LogP contribution in [-0.4, -0.2) is 63.6 Å². The number of rotatable bonds is 7. The minimum absolute atomic E-state index is 0.196.